The normalized spacial score (nSPS) is 16.6. The first kappa shape index (κ1) is 15.8. The summed E-state index contributed by atoms with van der Waals surface area (Å²) < 4.78 is 7.42. The van der Waals surface area contributed by atoms with Gasteiger partial charge < -0.3 is 19.3 Å². The Labute approximate surface area is 145 Å². The first-order valence-corrected chi connectivity index (χ1v) is 8.54. The van der Waals surface area contributed by atoms with Crippen LogP contribution in [0.15, 0.2) is 41.6 Å². The van der Waals surface area contributed by atoms with Gasteiger partial charge in [-0.1, -0.05) is 5.16 Å². The Morgan fingerprint density at radius 2 is 2.20 bits per heavy atom. The van der Waals surface area contributed by atoms with Crippen LogP contribution in [0, 0.1) is 0 Å². The van der Waals surface area contributed by atoms with Crippen LogP contribution in [0.5, 0.6) is 0 Å². The van der Waals surface area contributed by atoms with Gasteiger partial charge >= 0.3 is 0 Å². The van der Waals surface area contributed by atoms with Crippen LogP contribution in [-0.4, -0.2) is 50.9 Å². The number of nitrogens with one attached hydrogen (secondary N) is 1. The Bertz CT molecular complexity index is 806. The average molecular weight is 339 g/mol. The van der Waals surface area contributed by atoms with E-state index in [0.717, 1.165) is 44.0 Å². The summed E-state index contributed by atoms with van der Waals surface area (Å²) in [5, 5.41) is 7.53. The van der Waals surface area contributed by atoms with Gasteiger partial charge in [-0.15, -0.1) is 0 Å². The monoisotopic (exact) mass is 339 g/mol. The summed E-state index contributed by atoms with van der Waals surface area (Å²) in [5.74, 6) is 2.09. The van der Waals surface area contributed by atoms with Crippen LogP contribution < -0.4 is 10.2 Å². The Morgan fingerprint density at radius 1 is 1.24 bits per heavy atom. The van der Waals surface area contributed by atoms with Gasteiger partial charge in [0.05, 0.1) is 12.4 Å². The van der Waals surface area contributed by atoms with Crippen LogP contribution >= 0.6 is 0 Å². The topological polar surface area (TPSA) is 84.9 Å². The number of hydrogen-bond acceptors (Lipinski definition) is 7. The molecule has 0 bridgehead atoms. The second-order valence-corrected chi connectivity index (χ2v) is 6.14. The lowest BCUT2D eigenvalue weighted by atomic mass is 10.2. The van der Waals surface area contributed by atoms with Gasteiger partial charge in [0, 0.05) is 43.8 Å². The molecule has 0 amide bonds. The Morgan fingerprint density at radius 3 is 3.08 bits per heavy atom. The zero-order chi connectivity index (χ0) is 17.1. The van der Waals surface area contributed by atoms with Gasteiger partial charge in [0.15, 0.2) is 5.82 Å². The smallest absolute Gasteiger partial charge is 0.258 e. The van der Waals surface area contributed by atoms with Crippen molar-refractivity contribution in [2.45, 2.75) is 19.4 Å². The number of nitrogens with zero attached hydrogens (tertiary/aromatic N) is 6. The molecule has 8 nitrogen and oxygen atoms in total. The van der Waals surface area contributed by atoms with Crippen LogP contribution in [0.3, 0.4) is 0 Å². The standard InChI is InChI=1S/C17H21N7O/c1-13(24-10-7-19-12-24)16-21-17(25-22-16)14-3-5-20-15(11-14)23-8-2-4-18-6-9-23/h3,5,7,10-13,18H,2,4,6,8-9H2,1H3. The van der Waals surface area contributed by atoms with E-state index in [-0.39, 0.29) is 6.04 Å². The summed E-state index contributed by atoms with van der Waals surface area (Å²) in [7, 11) is 0. The SMILES string of the molecule is CC(c1noc(-c2ccnc(N3CCCNCC3)c2)n1)n1ccnc1. The molecule has 1 fully saturated rings. The third-order valence-electron chi connectivity index (χ3n) is 4.44. The predicted octanol–water partition coefficient (Wildman–Crippen LogP) is 1.74. The molecule has 1 aliphatic heterocycles. The molecule has 1 atom stereocenters. The molecule has 0 radical (unpaired) electrons. The molecule has 0 aromatic carbocycles. The highest BCUT2D eigenvalue weighted by atomic mass is 16.5. The lowest BCUT2D eigenvalue weighted by molar-refractivity contribution is 0.412. The van der Waals surface area contributed by atoms with Crippen molar-refractivity contribution in [1.29, 1.82) is 0 Å². The fourth-order valence-corrected chi connectivity index (χ4v) is 2.95. The van der Waals surface area contributed by atoms with E-state index in [1.807, 2.05) is 29.8 Å². The van der Waals surface area contributed by atoms with Crippen LogP contribution in [0.4, 0.5) is 5.82 Å². The third kappa shape index (κ3) is 3.39. The zero-order valence-electron chi connectivity index (χ0n) is 14.2. The van der Waals surface area contributed by atoms with Gasteiger partial charge in [0.25, 0.3) is 5.89 Å². The number of pyridine rings is 1. The van der Waals surface area contributed by atoms with Crippen LogP contribution in [-0.2, 0) is 0 Å². The first-order valence-electron chi connectivity index (χ1n) is 8.54. The van der Waals surface area contributed by atoms with Gasteiger partial charge in [-0.25, -0.2) is 9.97 Å². The highest BCUT2D eigenvalue weighted by molar-refractivity contribution is 5.58. The summed E-state index contributed by atoms with van der Waals surface area (Å²) in [6.45, 7) is 5.98. The molecule has 1 unspecified atom stereocenters. The van der Waals surface area contributed by atoms with Gasteiger partial charge in [0.2, 0.25) is 0 Å². The van der Waals surface area contributed by atoms with E-state index in [0.29, 0.717) is 11.7 Å². The van der Waals surface area contributed by atoms with Crippen LogP contribution in [0.2, 0.25) is 0 Å². The minimum Gasteiger partial charge on any atom is -0.355 e. The molecular weight excluding hydrogens is 318 g/mol. The van der Waals surface area contributed by atoms with E-state index >= 15 is 0 Å². The molecule has 0 aliphatic carbocycles. The number of anilines is 1. The maximum atomic E-state index is 5.48. The molecule has 3 aromatic rings. The maximum Gasteiger partial charge on any atom is 0.258 e. The minimum atomic E-state index is -0.0296. The first-order chi connectivity index (χ1) is 12.3. The zero-order valence-corrected chi connectivity index (χ0v) is 14.2. The molecule has 1 aliphatic rings. The molecule has 25 heavy (non-hydrogen) atoms. The summed E-state index contributed by atoms with van der Waals surface area (Å²) >= 11 is 0. The van der Waals surface area contributed by atoms with Gasteiger partial charge in [-0.3, -0.25) is 0 Å². The van der Waals surface area contributed by atoms with E-state index in [9.17, 15) is 0 Å². The summed E-state index contributed by atoms with van der Waals surface area (Å²) in [6, 6.07) is 3.89. The van der Waals surface area contributed by atoms with Crippen molar-refractivity contribution in [1.82, 2.24) is 30.0 Å². The van der Waals surface area contributed by atoms with Crippen molar-refractivity contribution in [2.75, 3.05) is 31.1 Å². The van der Waals surface area contributed by atoms with Gasteiger partial charge in [-0.05, 0) is 32.0 Å². The van der Waals surface area contributed by atoms with E-state index in [4.69, 9.17) is 4.52 Å². The molecule has 130 valence electrons. The summed E-state index contributed by atoms with van der Waals surface area (Å²) in [6.07, 6.45) is 8.28. The Kier molecular flexibility index (Phi) is 4.43. The fraction of sp³-hybridized carbons (Fsp3) is 0.412. The fourth-order valence-electron chi connectivity index (χ4n) is 2.95. The number of hydrogen-bond donors (Lipinski definition) is 1. The molecule has 3 aromatic heterocycles. The average Bonchev–Trinajstić information content (AvgIpc) is 3.29. The highest BCUT2D eigenvalue weighted by Crippen LogP contribution is 2.24. The van der Waals surface area contributed by atoms with E-state index in [1.54, 1.807) is 18.7 Å². The second kappa shape index (κ2) is 7.02. The van der Waals surface area contributed by atoms with E-state index in [2.05, 4.69) is 30.3 Å². The molecule has 0 saturated carbocycles. The van der Waals surface area contributed by atoms with Crippen molar-refractivity contribution in [2.24, 2.45) is 0 Å². The van der Waals surface area contributed by atoms with Crippen molar-refractivity contribution in [3.05, 3.63) is 42.9 Å². The number of rotatable bonds is 4. The lowest BCUT2D eigenvalue weighted by Crippen LogP contribution is -2.28. The van der Waals surface area contributed by atoms with E-state index < -0.39 is 0 Å². The Hall–Kier alpha value is -2.74. The van der Waals surface area contributed by atoms with E-state index in [1.165, 1.54) is 0 Å². The maximum absolute atomic E-state index is 5.48. The predicted molar refractivity (Wildman–Crippen MR) is 93.3 cm³/mol. The third-order valence-corrected chi connectivity index (χ3v) is 4.44. The second-order valence-electron chi connectivity index (χ2n) is 6.14. The summed E-state index contributed by atoms with van der Waals surface area (Å²) in [4.78, 5) is 15.4. The highest BCUT2D eigenvalue weighted by Gasteiger charge is 2.17. The van der Waals surface area contributed by atoms with Crippen molar-refractivity contribution in [3.63, 3.8) is 0 Å². The number of aromatic nitrogens is 5. The minimum absolute atomic E-state index is 0.0296. The number of imidazole rings is 1. The quantitative estimate of drug-likeness (QED) is 0.775. The van der Waals surface area contributed by atoms with Crippen molar-refractivity contribution < 1.29 is 4.52 Å². The van der Waals surface area contributed by atoms with Crippen LogP contribution in [0.1, 0.15) is 25.2 Å². The van der Waals surface area contributed by atoms with Crippen LogP contribution in [0.25, 0.3) is 11.5 Å². The molecule has 0 spiro atoms. The van der Waals surface area contributed by atoms with Crippen molar-refractivity contribution in [3.8, 4) is 11.5 Å². The van der Waals surface area contributed by atoms with Gasteiger partial charge in [-0.2, -0.15) is 4.98 Å². The summed E-state index contributed by atoms with van der Waals surface area (Å²) in [5.41, 5.74) is 0.888. The molecule has 1 saturated heterocycles. The Balaban J connectivity index is 1.57. The van der Waals surface area contributed by atoms with Gasteiger partial charge in [0.1, 0.15) is 5.82 Å². The lowest BCUT2D eigenvalue weighted by Gasteiger charge is -2.21. The van der Waals surface area contributed by atoms with Crippen molar-refractivity contribution >= 4 is 5.82 Å². The molecule has 8 heteroatoms. The largest absolute Gasteiger partial charge is 0.355 e. The molecule has 4 heterocycles. The molecular formula is C17H21N7O. The molecule has 1 N–H and O–H groups in total. The molecule has 4 rings (SSSR count).